The van der Waals surface area contributed by atoms with Gasteiger partial charge in [-0.3, -0.25) is 0 Å². The van der Waals surface area contributed by atoms with Gasteiger partial charge in [-0.15, -0.1) is 0 Å². The van der Waals surface area contributed by atoms with Crippen LogP contribution in [0.5, 0.6) is 0 Å². The molecule has 1 rings (SSSR count). The maximum Gasteiger partial charge on any atom is 0.177 e. The summed E-state index contributed by atoms with van der Waals surface area (Å²) in [4.78, 5) is 0.321. The van der Waals surface area contributed by atoms with E-state index in [-0.39, 0.29) is 6.04 Å². The first-order valence-corrected chi connectivity index (χ1v) is 7.13. The summed E-state index contributed by atoms with van der Waals surface area (Å²) in [6.45, 7) is 2.49. The number of hydrogen-bond donors (Lipinski definition) is 2. The molecule has 0 spiro atoms. The van der Waals surface area contributed by atoms with E-state index in [2.05, 4.69) is 5.32 Å². The van der Waals surface area contributed by atoms with Crippen molar-refractivity contribution in [2.75, 3.05) is 18.1 Å². The fourth-order valence-corrected chi connectivity index (χ4v) is 2.31. The summed E-state index contributed by atoms with van der Waals surface area (Å²) in [5.74, 6) is 0. The molecule has 3 N–H and O–H groups in total. The number of sulfone groups is 1. The summed E-state index contributed by atoms with van der Waals surface area (Å²) in [5.41, 5.74) is 6.21. The Morgan fingerprint density at radius 2 is 2.00 bits per heavy atom. The molecule has 0 aliphatic rings. The normalized spacial score (nSPS) is 13.4. The van der Waals surface area contributed by atoms with E-state index >= 15 is 0 Å². The molecule has 0 fully saturated rings. The molecule has 0 radical (unpaired) electrons. The van der Waals surface area contributed by atoms with Gasteiger partial charge >= 0.3 is 0 Å². The van der Waals surface area contributed by atoms with Crippen LogP contribution in [-0.4, -0.2) is 27.3 Å². The lowest BCUT2D eigenvalue weighted by molar-refractivity contribution is 0.601. The lowest BCUT2D eigenvalue weighted by Gasteiger charge is -2.18. The van der Waals surface area contributed by atoms with Crippen molar-refractivity contribution in [2.45, 2.75) is 24.3 Å². The van der Waals surface area contributed by atoms with Crippen LogP contribution in [0.15, 0.2) is 29.2 Å². The number of rotatable bonds is 5. The second kappa shape index (κ2) is 5.32. The van der Waals surface area contributed by atoms with E-state index in [1.54, 1.807) is 24.3 Å². The predicted molar refractivity (Wildman–Crippen MR) is 66.3 cm³/mol. The first-order valence-electron chi connectivity index (χ1n) is 5.24. The van der Waals surface area contributed by atoms with Crippen LogP contribution in [-0.2, 0) is 9.84 Å². The molecule has 90 valence electrons. The van der Waals surface area contributed by atoms with Crippen molar-refractivity contribution in [3.63, 3.8) is 0 Å². The van der Waals surface area contributed by atoms with E-state index in [0.29, 0.717) is 17.1 Å². The highest BCUT2D eigenvalue weighted by Gasteiger charge is 2.14. The summed E-state index contributed by atoms with van der Waals surface area (Å²) in [7, 11) is -3.20. The van der Waals surface area contributed by atoms with Crippen molar-refractivity contribution in [1.82, 2.24) is 0 Å². The smallest absolute Gasteiger partial charge is 0.177 e. The van der Waals surface area contributed by atoms with Crippen molar-refractivity contribution >= 4 is 15.5 Å². The highest BCUT2D eigenvalue weighted by molar-refractivity contribution is 7.90. The number of nitrogens with two attached hydrogens (primary N) is 1. The maximum atomic E-state index is 11.5. The van der Waals surface area contributed by atoms with Crippen LogP contribution < -0.4 is 11.1 Å². The maximum absolute atomic E-state index is 11.5. The van der Waals surface area contributed by atoms with Crippen molar-refractivity contribution in [3.8, 4) is 0 Å². The minimum Gasteiger partial charge on any atom is -0.380 e. The second-order valence-corrected chi connectivity index (χ2v) is 5.74. The highest BCUT2D eigenvalue weighted by atomic mass is 32.2. The van der Waals surface area contributed by atoms with Gasteiger partial charge in [0.05, 0.1) is 10.6 Å². The molecular formula is C11H18N2O2S. The van der Waals surface area contributed by atoms with Crippen LogP contribution in [0.2, 0.25) is 0 Å². The molecule has 4 nitrogen and oxygen atoms in total. The monoisotopic (exact) mass is 242 g/mol. The summed E-state index contributed by atoms with van der Waals surface area (Å²) >= 11 is 0. The molecule has 0 aromatic heterocycles. The Kier molecular flexibility index (Phi) is 4.32. The largest absolute Gasteiger partial charge is 0.380 e. The SMILES string of the molecule is CCC(CN)Nc1ccccc1S(C)(=O)=O. The molecule has 0 heterocycles. The lowest BCUT2D eigenvalue weighted by Crippen LogP contribution is -2.28. The first-order chi connectivity index (χ1) is 7.49. The average molecular weight is 242 g/mol. The summed E-state index contributed by atoms with van der Waals surface area (Å²) < 4.78 is 23.1. The molecule has 0 amide bonds. The Morgan fingerprint density at radius 1 is 1.38 bits per heavy atom. The van der Waals surface area contributed by atoms with Crippen LogP contribution in [0.4, 0.5) is 5.69 Å². The standard InChI is InChI=1S/C11H18N2O2S/c1-3-9(8-12)13-10-6-4-5-7-11(10)16(2,14)15/h4-7,9,13H,3,8,12H2,1-2H3. The third kappa shape index (κ3) is 3.21. The molecule has 0 aliphatic heterocycles. The Hall–Kier alpha value is -1.07. The van der Waals surface area contributed by atoms with Gasteiger partial charge in [-0.2, -0.15) is 0 Å². The lowest BCUT2D eigenvalue weighted by atomic mass is 10.2. The Bertz CT molecular complexity index is 439. The van der Waals surface area contributed by atoms with E-state index in [4.69, 9.17) is 5.73 Å². The van der Waals surface area contributed by atoms with Gasteiger partial charge < -0.3 is 11.1 Å². The molecular weight excluding hydrogens is 224 g/mol. The van der Waals surface area contributed by atoms with Crippen molar-refractivity contribution < 1.29 is 8.42 Å². The topological polar surface area (TPSA) is 72.2 Å². The molecule has 16 heavy (non-hydrogen) atoms. The fourth-order valence-electron chi connectivity index (χ4n) is 1.46. The molecule has 0 saturated heterocycles. The van der Waals surface area contributed by atoms with Gasteiger partial charge in [-0.05, 0) is 18.6 Å². The van der Waals surface area contributed by atoms with Gasteiger partial charge in [-0.1, -0.05) is 19.1 Å². The molecule has 0 bridgehead atoms. The van der Waals surface area contributed by atoms with Crippen LogP contribution in [0.3, 0.4) is 0 Å². The van der Waals surface area contributed by atoms with Gasteiger partial charge in [0, 0.05) is 18.8 Å². The minimum absolute atomic E-state index is 0.0999. The number of nitrogens with one attached hydrogen (secondary N) is 1. The number of para-hydroxylation sites is 1. The third-order valence-corrected chi connectivity index (χ3v) is 3.58. The van der Waals surface area contributed by atoms with Crippen LogP contribution >= 0.6 is 0 Å². The molecule has 0 saturated carbocycles. The zero-order chi connectivity index (χ0) is 12.2. The summed E-state index contributed by atoms with van der Waals surface area (Å²) in [5, 5.41) is 3.15. The zero-order valence-corrected chi connectivity index (χ0v) is 10.4. The van der Waals surface area contributed by atoms with Gasteiger partial charge in [-0.25, -0.2) is 8.42 Å². The van der Waals surface area contributed by atoms with Gasteiger partial charge in [0.1, 0.15) is 0 Å². The summed E-state index contributed by atoms with van der Waals surface area (Å²) in [6.07, 6.45) is 2.06. The predicted octanol–water partition coefficient (Wildman–Crippen LogP) is 1.24. The number of anilines is 1. The summed E-state index contributed by atoms with van der Waals surface area (Å²) in [6, 6.07) is 6.98. The molecule has 0 aliphatic carbocycles. The molecule has 1 aromatic rings. The molecule has 1 aromatic carbocycles. The highest BCUT2D eigenvalue weighted by Crippen LogP contribution is 2.21. The van der Waals surface area contributed by atoms with E-state index in [0.717, 1.165) is 6.42 Å². The molecule has 1 atom stereocenters. The van der Waals surface area contributed by atoms with E-state index in [1.165, 1.54) is 6.26 Å². The molecule has 1 unspecified atom stereocenters. The average Bonchev–Trinajstić information content (AvgIpc) is 2.25. The Morgan fingerprint density at radius 3 is 2.50 bits per heavy atom. The second-order valence-electron chi connectivity index (χ2n) is 3.75. The van der Waals surface area contributed by atoms with E-state index < -0.39 is 9.84 Å². The first kappa shape index (κ1) is 13.0. The fraction of sp³-hybridized carbons (Fsp3) is 0.455. The van der Waals surface area contributed by atoms with Gasteiger partial charge in [0.15, 0.2) is 9.84 Å². The van der Waals surface area contributed by atoms with E-state index in [9.17, 15) is 8.42 Å². The third-order valence-electron chi connectivity index (χ3n) is 2.42. The van der Waals surface area contributed by atoms with Gasteiger partial charge in [0.25, 0.3) is 0 Å². The quantitative estimate of drug-likeness (QED) is 0.815. The van der Waals surface area contributed by atoms with Crippen LogP contribution in [0.25, 0.3) is 0 Å². The van der Waals surface area contributed by atoms with Crippen molar-refractivity contribution in [2.24, 2.45) is 5.73 Å². The van der Waals surface area contributed by atoms with Crippen molar-refractivity contribution in [3.05, 3.63) is 24.3 Å². The van der Waals surface area contributed by atoms with Crippen LogP contribution in [0, 0.1) is 0 Å². The van der Waals surface area contributed by atoms with Crippen LogP contribution in [0.1, 0.15) is 13.3 Å². The number of benzene rings is 1. The Labute approximate surface area is 96.8 Å². The number of hydrogen-bond acceptors (Lipinski definition) is 4. The zero-order valence-electron chi connectivity index (χ0n) is 9.60. The molecule has 5 heteroatoms. The van der Waals surface area contributed by atoms with Gasteiger partial charge in [0.2, 0.25) is 0 Å². The van der Waals surface area contributed by atoms with Crippen molar-refractivity contribution in [1.29, 1.82) is 0 Å². The Balaban J connectivity index is 3.05. The minimum atomic E-state index is -3.20. The van der Waals surface area contributed by atoms with E-state index in [1.807, 2.05) is 6.92 Å².